The summed E-state index contributed by atoms with van der Waals surface area (Å²) < 4.78 is 0. The Balaban J connectivity index is 2.03. The van der Waals surface area contributed by atoms with E-state index < -0.39 is 0 Å². The van der Waals surface area contributed by atoms with E-state index in [1.807, 2.05) is 11.8 Å². The Labute approximate surface area is 112 Å². The topological polar surface area (TPSA) is 62.5 Å². The lowest BCUT2D eigenvalue weighted by molar-refractivity contribution is -0.131. The van der Waals surface area contributed by atoms with Gasteiger partial charge in [-0.3, -0.25) is 4.79 Å². The normalized spacial score (nSPS) is 15.9. The minimum absolute atomic E-state index is 0.201. The highest BCUT2D eigenvalue weighted by atomic mass is 35.5. The molecular formula is C12H17ClN4O. The summed E-state index contributed by atoms with van der Waals surface area (Å²) >= 11 is 5.83. The largest absolute Gasteiger partial charge is 0.396 e. The van der Waals surface area contributed by atoms with Crippen molar-refractivity contribution >= 4 is 29.0 Å². The third-order valence-corrected chi connectivity index (χ3v) is 3.30. The summed E-state index contributed by atoms with van der Waals surface area (Å²) in [5.74, 6) is 0.953. The molecule has 1 aliphatic rings. The maximum absolute atomic E-state index is 11.6. The lowest BCUT2D eigenvalue weighted by Crippen LogP contribution is -2.49. The van der Waals surface area contributed by atoms with E-state index in [0.717, 1.165) is 32.0 Å². The molecule has 5 nitrogen and oxygen atoms in total. The minimum atomic E-state index is 0.201. The molecule has 2 heterocycles. The number of carbonyl (C=O) groups is 1. The lowest BCUT2D eigenvalue weighted by Gasteiger charge is -2.35. The zero-order valence-electron chi connectivity index (χ0n) is 10.4. The van der Waals surface area contributed by atoms with Crippen molar-refractivity contribution in [1.82, 2.24) is 9.88 Å². The fraction of sp³-hybridized carbons (Fsp3) is 0.500. The van der Waals surface area contributed by atoms with Gasteiger partial charge >= 0.3 is 0 Å². The number of aromatic nitrogens is 1. The Morgan fingerprint density at radius 1 is 1.44 bits per heavy atom. The second-order valence-electron chi connectivity index (χ2n) is 4.29. The highest BCUT2D eigenvalue weighted by Gasteiger charge is 2.21. The molecule has 98 valence electrons. The van der Waals surface area contributed by atoms with Gasteiger partial charge in [-0.05, 0) is 6.07 Å². The second-order valence-corrected chi connectivity index (χ2v) is 4.72. The van der Waals surface area contributed by atoms with Crippen LogP contribution in [0.4, 0.5) is 11.5 Å². The summed E-state index contributed by atoms with van der Waals surface area (Å²) in [6.07, 6.45) is 2.15. The van der Waals surface area contributed by atoms with E-state index in [4.69, 9.17) is 17.3 Å². The van der Waals surface area contributed by atoms with Gasteiger partial charge in [0.25, 0.3) is 0 Å². The lowest BCUT2D eigenvalue weighted by atomic mass is 10.2. The molecule has 6 heteroatoms. The number of amides is 1. The van der Waals surface area contributed by atoms with Crippen molar-refractivity contribution in [2.24, 2.45) is 0 Å². The third-order valence-electron chi connectivity index (χ3n) is 3.10. The smallest absolute Gasteiger partial charge is 0.222 e. The van der Waals surface area contributed by atoms with Crippen molar-refractivity contribution in [2.75, 3.05) is 36.8 Å². The SMILES string of the molecule is CCC(=O)N1CCN(c2ncc(Cl)cc2N)CC1. The molecule has 0 aromatic carbocycles. The molecule has 1 amide bonds. The summed E-state index contributed by atoms with van der Waals surface area (Å²) in [5.41, 5.74) is 6.48. The molecule has 0 saturated carbocycles. The second kappa shape index (κ2) is 5.44. The molecule has 2 N–H and O–H groups in total. The number of hydrogen-bond acceptors (Lipinski definition) is 4. The summed E-state index contributed by atoms with van der Waals surface area (Å²) in [6.45, 7) is 4.83. The predicted octanol–water partition coefficient (Wildman–Crippen LogP) is 1.38. The van der Waals surface area contributed by atoms with Crippen molar-refractivity contribution in [3.05, 3.63) is 17.3 Å². The summed E-state index contributed by atoms with van der Waals surface area (Å²) in [4.78, 5) is 19.8. The van der Waals surface area contributed by atoms with Crippen LogP contribution in [-0.4, -0.2) is 42.0 Å². The number of halogens is 1. The Morgan fingerprint density at radius 2 is 2.11 bits per heavy atom. The number of pyridine rings is 1. The number of anilines is 2. The van der Waals surface area contributed by atoms with E-state index in [1.54, 1.807) is 12.3 Å². The minimum Gasteiger partial charge on any atom is -0.396 e. The van der Waals surface area contributed by atoms with Crippen molar-refractivity contribution in [3.63, 3.8) is 0 Å². The first-order valence-electron chi connectivity index (χ1n) is 6.05. The first-order chi connectivity index (χ1) is 8.61. The van der Waals surface area contributed by atoms with E-state index in [0.29, 0.717) is 17.1 Å². The summed E-state index contributed by atoms with van der Waals surface area (Å²) in [6, 6.07) is 1.70. The molecule has 0 aliphatic carbocycles. The fourth-order valence-corrected chi connectivity index (χ4v) is 2.27. The van der Waals surface area contributed by atoms with Crippen molar-refractivity contribution in [1.29, 1.82) is 0 Å². The Bertz CT molecular complexity index is 444. The molecule has 0 spiro atoms. The van der Waals surface area contributed by atoms with Crippen molar-refractivity contribution in [3.8, 4) is 0 Å². The summed E-state index contributed by atoms with van der Waals surface area (Å²) in [5, 5.41) is 0.538. The van der Waals surface area contributed by atoms with E-state index in [9.17, 15) is 4.79 Å². The molecule has 1 aromatic heterocycles. The Hall–Kier alpha value is -1.49. The summed E-state index contributed by atoms with van der Waals surface area (Å²) in [7, 11) is 0. The van der Waals surface area contributed by atoms with E-state index in [2.05, 4.69) is 9.88 Å². The van der Waals surface area contributed by atoms with Gasteiger partial charge in [-0.15, -0.1) is 0 Å². The van der Waals surface area contributed by atoms with Gasteiger partial charge in [-0.25, -0.2) is 4.98 Å². The van der Waals surface area contributed by atoms with Crippen LogP contribution in [0.2, 0.25) is 5.02 Å². The van der Waals surface area contributed by atoms with Crippen LogP contribution in [0.25, 0.3) is 0 Å². The molecule has 0 atom stereocenters. The maximum atomic E-state index is 11.6. The zero-order chi connectivity index (χ0) is 13.1. The highest BCUT2D eigenvalue weighted by molar-refractivity contribution is 6.30. The molecule has 0 bridgehead atoms. The quantitative estimate of drug-likeness (QED) is 0.880. The number of nitrogen functional groups attached to an aromatic ring is 1. The standard InChI is InChI=1S/C12H17ClN4O/c1-2-11(18)16-3-5-17(6-4-16)12-10(14)7-9(13)8-15-12/h7-8H,2-6,14H2,1H3. The zero-order valence-corrected chi connectivity index (χ0v) is 11.2. The number of nitrogens with zero attached hydrogens (tertiary/aromatic N) is 3. The number of nitrogens with two attached hydrogens (primary N) is 1. The molecule has 0 radical (unpaired) electrons. The fourth-order valence-electron chi connectivity index (χ4n) is 2.10. The first kappa shape index (κ1) is 13.0. The average Bonchev–Trinajstić information content (AvgIpc) is 2.38. The third kappa shape index (κ3) is 2.67. The molecule has 1 saturated heterocycles. The number of rotatable bonds is 2. The van der Waals surface area contributed by atoms with E-state index >= 15 is 0 Å². The van der Waals surface area contributed by atoms with Gasteiger partial charge < -0.3 is 15.5 Å². The number of hydrogen-bond donors (Lipinski definition) is 1. The maximum Gasteiger partial charge on any atom is 0.222 e. The van der Waals surface area contributed by atoms with Crippen LogP contribution in [0.3, 0.4) is 0 Å². The number of piperazine rings is 1. The van der Waals surface area contributed by atoms with Crippen LogP contribution in [0, 0.1) is 0 Å². The predicted molar refractivity (Wildman–Crippen MR) is 72.7 cm³/mol. The Morgan fingerprint density at radius 3 is 2.67 bits per heavy atom. The molecule has 2 rings (SSSR count). The average molecular weight is 269 g/mol. The van der Waals surface area contributed by atoms with Gasteiger partial charge in [-0.2, -0.15) is 0 Å². The molecule has 1 aromatic rings. The van der Waals surface area contributed by atoms with Gasteiger partial charge in [0, 0.05) is 38.8 Å². The van der Waals surface area contributed by atoms with E-state index in [-0.39, 0.29) is 5.91 Å². The highest BCUT2D eigenvalue weighted by Crippen LogP contribution is 2.24. The molecule has 18 heavy (non-hydrogen) atoms. The monoisotopic (exact) mass is 268 g/mol. The van der Waals surface area contributed by atoms with Gasteiger partial charge in [0.15, 0.2) is 5.82 Å². The van der Waals surface area contributed by atoms with E-state index in [1.165, 1.54) is 0 Å². The Kier molecular flexibility index (Phi) is 3.91. The van der Waals surface area contributed by atoms with Gasteiger partial charge in [0.2, 0.25) is 5.91 Å². The van der Waals surface area contributed by atoms with Crippen molar-refractivity contribution in [2.45, 2.75) is 13.3 Å². The van der Waals surface area contributed by atoms with Crippen LogP contribution < -0.4 is 10.6 Å². The van der Waals surface area contributed by atoms with Crippen molar-refractivity contribution < 1.29 is 4.79 Å². The first-order valence-corrected chi connectivity index (χ1v) is 6.43. The van der Waals surface area contributed by atoms with Gasteiger partial charge in [0.05, 0.1) is 10.7 Å². The molecular weight excluding hydrogens is 252 g/mol. The van der Waals surface area contributed by atoms with Crippen LogP contribution in [0.1, 0.15) is 13.3 Å². The van der Waals surface area contributed by atoms with Gasteiger partial charge in [0.1, 0.15) is 0 Å². The van der Waals surface area contributed by atoms with Crippen LogP contribution in [0.5, 0.6) is 0 Å². The molecule has 0 unspecified atom stereocenters. The molecule has 1 aliphatic heterocycles. The number of carbonyl (C=O) groups excluding carboxylic acids is 1. The molecule has 1 fully saturated rings. The van der Waals surface area contributed by atoms with Crippen LogP contribution >= 0.6 is 11.6 Å². The van der Waals surface area contributed by atoms with Gasteiger partial charge in [-0.1, -0.05) is 18.5 Å². The van der Waals surface area contributed by atoms with Crippen LogP contribution in [-0.2, 0) is 4.79 Å². The van der Waals surface area contributed by atoms with Crippen LogP contribution in [0.15, 0.2) is 12.3 Å².